The second kappa shape index (κ2) is 13.1. The van der Waals surface area contributed by atoms with Crippen LogP contribution in [0.5, 0.6) is 5.75 Å². The smallest absolute Gasteiger partial charge is 0.200 e. The van der Waals surface area contributed by atoms with Gasteiger partial charge in [0.1, 0.15) is 12.1 Å². The molecule has 1 N–H and O–H groups in total. The minimum Gasteiger partial charge on any atom is -0.464 e. The van der Waals surface area contributed by atoms with Crippen molar-refractivity contribution in [2.45, 2.75) is 45.8 Å². The van der Waals surface area contributed by atoms with Gasteiger partial charge in [-0.25, -0.2) is 15.0 Å². The van der Waals surface area contributed by atoms with Gasteiger partial charge in [0.25, 0.3) is 0 Å². The zero-order chi connectivity index (χ0) is 27.7. The first-order valence-electron chi connectivity index (χ1n) is 14.1. The van der Waals surface area contributed by atoms with Crippen molar-refractivity contribution in [2.24, 2.45) is 5.92 Å². The van der Waals surface area contributed by atoms with Crippen molar-refractivity contribution in [1.82, 2.24) is 15.0 Å². The van der Waals surface area contributed by atoms with E-state index >= 15 is 0 Å². The van der Waals surface area contributed by atoms with Gasteiger partial charge in [-0.05, 0) is 59.4 Å². The van der Waals surface area contributed by atoms with E-state index in [1.807, 2.05) is 60.7 Å². The van der Waals surface area contributed by atoms with Gasteiger partial charge in [-0.15, -0.1) is 0 Å². The Morgan fingerprint density at radius 3 is 2.02 bits per heavy atom. The Morgan fingerprint density at radius 2 is 1.32 bits per heavy atom. The number of aromatic nitrogens is 3. The van der Waals surface area contributed by atoms with Crippen LogP contribution in [0.4, 0.5) is 0 Å². The second-order valence-electron chi connectivity index (χ2n) is 9.94. The van der Waals surface area contributed by atoms with Crippen LogP contribution in [0.2, 0.25) is 0 Å². The Balaban J connectivity index is 1.53. The third kappa shape index (κ3) is 6.27. The number of benzene rings is 4. The minimum atomic E-state index is -0.894. The van der Waals surface area contributed by atoms with Crippen molar-refractivity contribution >= 4 is 0 Å². The summed E-state index contributed by atoms with van der Waals surface area (Å²) in [5.41, 5.74) is 6.04. The summed E-state index contributed by atoms with van der Waals surface area (Å²) >= 11 is 0. The number of rotatable bonds is 11. The lowest BCUT2D eigenvalue weighted by atomic mass is 9.94. The van der Waals surface area contributed by atoms with Gasteiger partial charge in [0.05, 0.1) is 5.56 Å². The molecule has 0 spiro atoms. The van der Waals surface area contributed by atoms with Crippen molar-refractivity contribution in [3.05, 3.63) is 109 Å². The molecule has 0 bridgehead atoms. The summed E-state index contributed by atoms with van der Waals surface area (Å²) in [7, 11) is 0. The van der Waals surface area contributed by atoms with E-state index in [9.17, 15) is 5.11 Å². The fraction of sp³-hybridized carbons (Fsp3) is 0.229. The van der Waals surface area contributed by atoms with Gasteiger partial charge in [0, 0.05) is 11.5 Å². The lowest BCUT2D eigenvalue weighted by molar-refractivity contribution is -0.0659. The average Bonchev–Trinajstić information content (AvgIpc) is 3.02. The molecule has 4 aromatic carbocycles. The Morgan fingerprint density at radius 1 is 0.675 bits per heavy atom. The average molecular weight is 530 g/mol. The maximum Gasteiger partial charge on any atom is 0.200 e. The van der Waals surface area contributed by atoms with Gasteiger partial charge in [-0.2, -0.15) is 0 Å². The van der Waals surface area contributed by atoms with Crippen LogP contribution in [0, 0.1) is 5.92 Å². The first-order valence-corrected chi connectivity index (χ1v) is 14.1. The maximum atomic E-state index is 10.9. The molecule has 0 aliphatic carbocycles. The molecule has 0 aliphatic heterocycles. The molecule has 0 fully saturated rings. The van der Waals surface area contributed by atoms with Gasteiger partial charge in [-0.3, -0.25) is 0 Å². The van der Waals surface area contributed by atoms with Crippen LogP contribution in [0.15, 0.2) is 109 Å². The molecule has 0 saturated heterocycles. The number of hydrogen-bond donors (Lipinski definition) is 1. The Bertz CT molecular complexity index is 1520. The maximum absolute atomic E-state index is 10.9. The van der Waals surface area contributed by atoms with E-state index in [0.717, 1.165) is 59.1 Å². The highest BCUT2D eigenvalue weighted by Gasteiger charge is 2.21. The standard InChI is InChI=1S/C35H35N3O2/c1-3-5-14-25(4-2)35(39)40-32-20-13-12-19-30(32)34-37-24-36-33(38-34)29-22-21-28(26-15-8-6-9-16-26)23-31(29)27-17-10-7-11-18-27/h6-13,15-25,35,39H,3-5,14H2,1-2H3. The third-order valence-electron chi connectivity index (χ3n) is 7.26. The minimum absolute atomic E-state index is 0.0680. The topological polar surface area (TPSA) is 68.1 Å². The number of hydrogen-bond acceptors (Lipinski definition) is 5. The van der Waals surface area contributed by atoms with Crippen molar-refractivity contribution in [3.63, 3.8) is 0 Å². The van der Waals surface area contributed by atoms with Gasteiger partial charge in [0.2, 0.25) is 0 Å². The van der Waals surface area contributed by atoms with E-state index in [1.165, 1.54) is 0 Å². The summed E-state index contributed by atoms with van der Waals surface area (Å²) in [6, 6.07) is 34.6. The molecule has 5 rings (SSSR count). The lowest BCUT2D eigenvalue weighted by Gasteiger charge is -2.23. The van der Waals surface area contributed by atoms with E-state index in [-0.39, 0.29) is 5.92 Å². The predicted molar refractivity (Wildman–Crippen MR) is 162 cm³/mol. The molecule has 0 radical (unpaired) electrons. The van der Waals surface area contributed by atoms with Crippen LogP contribution < -0.4 is 4.74 Å². The van der Waals surface area contributed by atoms with E-state index < -0.39 is 6.29 Å². The number of unbranched alkanes of at least 4 members (excludes halogenated alkanes) is 1. The highest BCUT2D eigenvalue weighted by atomic mass is 16.6. The molecule has 1 aromatic heterocycles. The fourth-order valence-corrected chi connectivity index (χ4v) is 4.96. The molecule has 2 atom stereocenters. The molecule has 0 amide bonds. The zero-order valence-corrected chi connectivity index (χ0v) is 23.1. The molecule has 202 valence electrons. The molecule has 5 nitrogen and oxygen atoms in total. The summed E-state index contributed by atoms with van der Waals surface area (Å²) in [5, 5.41) is 10.9. The van der Waals surface area contributed by atoms with Crippen LogP contribution in [-0.2, 0) is 0 Å². The van der Waals surface area contributed by atoms with Gasteiger partial charge < -0.3 is 9.84 Å². The summed E-state index contributed by atoms with van der Waals surface area (Å²) in [6.45, 7) is 4.25. The van der Waals surface area contributed by atoms with Crippen molar-refractivity contribution in [1.29, 1.82) is 0 Å². The summed E-state index contributed by atoms with van der Waals surface area (Å²) < 4.78 is 6.11. The van der Waals surface area contributed by atoms with Crippen LogP contribution in [0.3, 0.4) is 0 Å². The van der Waals surface area contributed by atoms with Crippen molar-refractivity contribution in [3.8, 4) is 50.8 Å². The summed E-state index contributed by atoms with van der Waals surface area (Å²) in [5.74, 6) is 1.71. The molecular formula is C35H35N3O2. The highest BCUT2D eigenvalue weighted by molar-refractivity contribution is 5.85. The number of nitrogens with zero attached hydrogens (tertiary/aromatic N) is 3. The summed E-state index contributed by atoms with van der Waals surface area (Å²) in [4.78, 5) is 14.0. The van der Waals surface area contributed by atoms with Crippen molar-refractivity contribution in [2.75, 3.05) is 0 Å². The molecule has 5 aromatic rings. The monoisotopic (exact) mass is 529 g/mol. The Hall–Kier alpha value is -4.35. The third-order valence-corrected chi connectivity index (χ3v) is 7.26. The van der Waals surface area contributed by atoms with Crippen LogP contribution in [0.1, 0.15) is 39.5 Å². The number of aliphatic hydroxyl groups excluding tert-OH is 1. The van der Waals surface area contributed by atoms with E-state index in [0.29, 0.717) is 17.4 Å². The second-order valence-corrected chi connectivity index (χ2v) is 9.94. The molecule has 0 aliphatic rings. The fourth-order valence-electron chi connectivity index (χ4n) is 4.96. The van der Waals surface area contributed by atoms with Crippen LogP contribution in [0.25, 0.3) is 45.0 Å². The first kappa shape index (κ1) is 27.2. The van der Waals surface area contributed by atoms with Crippen LogP contribution >= 0.6 is 0 Å². The number of aliphatic hydroxyl groups is 1. The Labute approximate surface area is 236 Å². The van der Waals surface area contributed by atoms with Crippen LogP contribution in [-0.4, -0.2) is 26.3 Å². The Kier molecular flexibility index (Phi) is 8.94. The van der Waals surface area contributed by atoms with Gasteiger partial charge in [0.15, 0.2) is 17.9 Å². The highest BCUT2D eigenvalue weighted by Crippen LogP contribution is 2.36. The number of ether oxygens (including phenoxy) is 1. The lowest BCUT2D eigenvalue weighted by Crippen LogP contribution is -2.26. The number of para-hydroxylation sites is 1. The normalized spacial score (nSPS) is 12.6. The SMILES string of the molecule is CCCCC(CC)C(O)Oc1ccccc1-c1ncnc(-c2ccc(-c3ccccc3)cc2-c2ccccc2)n1. The molecule has 0 saturated carbocycles. The first-order chi connectivity index (χ1) is 19.7. The molecule has 40 heavy (non-hydrogen) atoms. The van der Waals surface area contributed by atoms with E-state index in [2.05, 4.69) is 66.3 Å². The zero-order valence-electron chi connectivity index (χ0n) is 23.1. The van der Waals surface area contributed by atoms with Gasteiger partial charge in [-0.1, -0.05) is 106 Å². The quantitative estimate of drug-likeness (QED) is 0.174. The molecule has 5 heteroatoms. The van der Waals surface area contributed by atoms with E-state index in [4.69, 9.17) is 9.72 Å². The predicted octanol–water partition coefficient (Wildman–Crippen LogP) is 8.45. The van der Waals surface area contributed by atoms with Crippen molar-refractivity contribution < 1.29 is 9.84 Å². The molecule has 2 unspecified atom stereocenters. The molecular weight excluding hydrogens is 494 g/mol. The molecule has 1 heterocycles. The summed E-state index contributed by atoms with van der Waals surface area (Å²) in [6.07, 6.45) is 4.57. The largest absolute Gasteiger partial charge is 0.464 e. The van der Waals surface area contributed by atoms with E-state index in [1.54, 1.807) is 6.33 Å². The van der Waals surface area contributed by atoms with Gasteiger partial charge >= 0.3 is 0 Å².